The van der Waals surface area contributed by atoms with E-state index in [1.807, 2.05) is 69.0 Å². The fraction of sp³-hybridized carbons (Fsp3) is 0.345. The summed E-state index contributed by atoms with van der Waals surface area (Å²) in [6.45, 7) is 8.53. The average Bonchev–Trinajstić information content (AvgIpc) is 2.93. The number of nitrogens with one attached hydrogen (secondary N) is 1. The molecule has 11 nitrogen and oxygen atoms in total. The Morgan fingerprint density at radius 1 is 1.20 bits per heavy atom. The number of fused-ring (bicyclic) bond motifs is 1. The van der Waals surface area contributed by atoms with Gasteiger partial charge in [-0.25, -0.2) is 19.7 Å². The van der Waals surface area contributed by atoms with Crippen molar-refractivity contribution in [1.29, 1.82) is 0 Å². The number of aryl methyl sites for hydroxylation is 1. The molecule has 1 aliphatic rings. The van der Waals surface area contributed by atoms with Crippen molar-refractivity contribution in [3.63, 3.8) is 0 Å². The van der Waals surface area contributed by atoms with Gasteiger partial charge in [0.25, 0.3) is 0 Å². The van der Waals surface area contributed by atoms with Gasteiger partial charge in [-0.15, -0.1) is 0 Å². The maximum Gasteiger partial charge on any atom is 0.410 e. The number of halogens is 1. The number of carbonyl (C=O) groups is 1. The number of benzene rings is 1. The third-order valence-electron chi connectivity index (χ3n) is 6.47. The monoisotopic (exact) mass is 621 g/mol. The topological polar surface area (TPSA) is 126 Å². The molecular formula is C29H32BrN7O4. The highest BCUT2D eigenvalue weighted by Crippen LogP contribution is 2.33. The number of hydrogen-bond donors (Lipinski definition) is 2. The van der Waals surface area contributed by atoms with Gasteiger partial charge < -0.3 is 24.8 Å². The third kappa shape index (κ3) is 6.66. The molecule has 0 bridgehead atoms. The molecule has 1 atom stereocenters. The predicted octanol–water partition coefficient (Wildman–Crippen LogP) is 5.44. The Morgan fingerprint density at radius 2 is 2.02 bits per heavy atom. The maximum absolute atomic E-state index is 12.7. The summed E-state index contributed by atoms with van der Waals surface area (Å²) >= 11 is 3.64. The number of nitrogens with zero attached hydrogens (tertiary/aromatic N) is 6. The van der Waals surface area contributed by atoms with E-state index in [1.165, 1.54) is 6.33 Å². The molecule has 0 aliphatic carbocycles. The Bertz CT molecular complexity index is 1550. The van der Waals surface area contributed by atoms with Gasteiger partial charge in [-0.1, -0.05) is 0 Å². The predicted molar refractivity (Wildman–Crippen MR) is 160 cm³/mol. The number of amides is 1. The molecule has 4 aromatic rings. The van der Waals surface area contributed by atoms with Crippen LogP contribution in [0.15, 0.2) is 59.6 Å². The van der Waals surface area contributed by atoms with Crippen molar-refractivity contribution in [1.82, 2.24) is 24.8 Å². The molecule has 4 heterocycles. The fourth-order valence-corrected chi connectivity index (χ4v) is 5.10. The van der Waals surface area contributed by atoms with Crippen molar-refractivity contribution in [2.45, 2.75) is 39.3 Å². The van der Waals surface area contributed by atoms with E-state index in [4.69, 9.17) is 14.5 Å². The minimum Gasteiger partial charge on any atom is -0.455 e. The summed E-state index contributed by atoms with van der Waals surface area (Å²) < 4.78 is 12.3. The van der Waals surface area contributed by atoms with Crippen LogP contribution < -0.4 is 15.0 Å². The maximum atomic E-state index is 12.7. The zero-order valence-corrected chi connectivity index (χ0v) is 24.9. The molecule has 5 rings (SSSR count). The highest BCUT2D eigenvalue weighted by molar-refractivity contribution is 9.10. The van der Waals surface area contributed by atoms with Gasteiger partial charge in [-0.05, 0) is 85.6 Å². The minimum atomic E-state index is -0.619. The third-order valence-corrected chi connectivity index (χ3v) is 7.05. The Hall–Kier alpha value is -4.03. The van der Waals surface area contributed by atoms with E-state index in [1.54, 1.807) is 17.3 Å². The lowest BCUT2D eigenvalue weighted by atomic mass is 10.1. The molecule has 1 amide bonds. The Kier molecular flexibility index (Phi) is 8.22. The first-order valence-electron chi connectivity index (χ1n) is 13.2. The van der Waals surface area contributed by atoms with Gasteiger partial charge in [-0.2, -0.15) is 0 Å². The van der Waals surface area contributed by atoms with Crippen LogP contribution >= 0.6 is 15.9 Å². The first kappa shape index (κ1) is 28.5. The molecule has 214 valence electrons. The zero-order valence-electron chi connectivity index (χ0n) is 23.3. The van der Waals surface area contributed by atoms with Crippen molar-refractivity contribution in [3.8, 4) is 11.5 Å². The van der Waals surface area contributed by atoms with Crippen molar-refractivity contribution in [2.24, 2.45) is 0 Å². The molecule has 0 radical (unpaired) electrons. The smallest absolute Gasteiger partial charge is 0.410 e. The van der Waals surface area contributed by atoms with Gasteiger partial charge in [0.2, 0.25) is 0 Å². The van der Waals surface area contributed by atoms with E-state index in [9.17, 15) is 9.90 Å². The average molecular weight is 623 g/mol. The first-order chi connectivity index (χ1) is 19.6. The summed E-state index contributed by atoms with van der Waals surface area (Å²) in [6.07, 6.45) is 4.42. The van der Waals surface area contributed by atoms with Gasteiger partial charge >= 0.3 is 6.09 Å². The number of aliphatic hydroxyl groups excluding tert-OH is 1. The van der Waals surface area contributed by atoms with Gasteiger partial charge in [0.1, 0.15) is 34.8 Å². The summed E-state index contributed by atoms with van der Waals surface area (Å²) in [7, 11) is 0. The van der Waals surface area contributed by atoms with E-state index >= 15 is 0 Å². The van der Waals surface area contributed by atoms with Crippen molar-refractivity contribution in [3.05, 3.63) is 65.2 Å². The molecule has 1 aliphatic heterocycles. The quantitative estimate of drug-likeness (QED) is 0.287. The van der Waals surface area contributed by atoms with Crippen LogP contribution in [0.4, 0.5) is 22.1 Å². The lowest BCUT2D eigenvalue weighted by Gasteiger charge is -2.41. The van der Waals surface area contributed by atoms with Crippen LogP contribution in [0.5, 0.6) is 11.5 Å². The number of carbonyl (C=O) groups excluding carboxylic acids is 1. The second kappa shape index (κ2) is 11.8. The standard InChI is InChI=1S/C29H32BrN7O4/c1-18-12-19(7-8-24(18)40-21-6-5-9-31-14-21)34-26-25-23(32-17-33-26)13-22(30)27(35-25)36-10-11-37(20(15-36)16-38)28(39)41-29(2,3)4/h5-9,12-14,17,20,38H,10-11,15-16H2,1-4H3,(H,32,33,34)/t20-/m0/s1. The first-order valence-corrected chi connectivity index (χ1v) is 14.0. The van der Waals surface area contributed by atoms with E-state index < -0.39 is 17.7 Å². The summed E-state index contributed by atoms with van der Waals surface area (Å²) in [5, 5.41) is 13.5. The second-order valence-corrected chi connectivity index (χ2v) is 11.6. The fourth-order valence-electron chi connectivity index (χ4n) is 4.54. The highest BCUT2D eigenvalue weighted by Gasteiger charge is 2.34. The molecule has 3 aromatic heterocycles. The Labute approximate surface area is 246 Å². The number of ether oxygens (including phenoxy) is 2. The number of aliphatic hydroxyl groups is 1. The number of anilines is 3. The van der Waals surface area contributed by atoms with Crippen molar-refractivity contribution < 1.29 is 19.4 Å². The summed E-state index contributed by atoms with van der Waals surface area (Å²) in [5.41, 5.74) is 2.39. The molecule has 1 fully saturated rings. The molecule has 1 saturated heterocycles. The zero-order chi connectivity index (χ0) is 29.1. The van der Waals surface area contributed by atoms with E-state index in [2.05, 4.69) is 36.2 Å². The molecule has 0 spiro atoms. The Morgan fingerprint density at radius 3 is 2.73 bits per heavy atom. The molecule has 0 saturated carbocycles. The molecule has 41 heavy (non-hydrogen) atoms. The molecule has 0 unspecified atom stereocenters. The van der Waals surface area contributed by atoms with Gasteiger partial charge in [-0.3, -0.25) is 9.88 Å². The molecular weight excluding hydrogens is 590 g/mol. The van der Waals surface area contributed by atoms with Crippen LogP contribution in [0, 0.1) is 6.92 Å². The van der Waals surface area contributed by atoms with Gasteiger partial charge in [0, 0.05) is 31.5 Å². The largest absolute Gasteiger partial charge is 0.455 e. The van der Waals surface area contributed by atoms with Crippen LogP contribution in [-0.4, -0.2) is 73.9 Å². The normalized spacial score (nSPS) is 15.6. The second-order valence-electron chi connectivity index (χ2n) is 10.7. The molecule has 2 N–H and O–H groups in total. The van der Waals surface area contributed by atoms with Crippen LogP contribution in [0.2, 0.25) is 0 Å². The highest BCUT2D eigenvalue weighted by atomic mass is 79.9. The number of hydrogen-bond acceptors (Lipinski definition) is 10. The SMILES string of the molecule is Cc1cc(Nc2ncnc3cc(Br)c(N4CCN(C(=O)OC(C)(C)C)[C@H](CO)C4)nc23)ccc1Oc1cccnc1. The molecule has 1 aromatic carbocycles. The van der Waals surface area contributed by atoms with Gasteiger partial charge in [0.05, 0.1) is 28.8 Å². The van der Waals surface area contributed by atoms with Crippen molar-refractivity contribution >= 4 is 50.4 Å². The van der Waals surface area contributed by atoms with Gasteiger partial charge in [0.15, 0.2) is 5.82 Å². The lowest BCUT2D eigenvalue weighted by molar-refractivity contribution is 0.00698. The lowest BCUT2D eigenvalue weighted by Crippen LogP contribution is -2.57. The van der Waals surface area contributed by atoms with Crippen molar-refractivity contribution in [2.75, 3.05) is 36.5 Å². The van der Waals surface area contributed by atoms with E-state index in [0.29, 0.717) is 48.1 Å². The number of aromatic nitrogens is 4. The van der Waals surface area contributed by atoms with E-state index in [0.717, 1.165) is 21.5 Å². The number of piperazine rings is 1. The van der Waals surface area contributed by atoms with Crippen LogP contribution in [0.3, 0.4) is 0 Å². The minimum absolute atomic E-state index is 0.198. The van der Waals surface area contributed by atoms with Crippen LogP contribution in [0.25, 0.3) is 11.0 Å². The summed E-state index contributed by atoms with van der Waals surface area (Å²) in [5.74, 6) is 2.62. The molecule has 12 heteroatoms. The summed E-state index contributed by atoms with van der Waals surface area (Å²) in [6, 6.07) is 10.9. The number of pyridine rings is 2. The van der Waals surface area contributed by atoms with E-state index in [-0.39, 0.29) is 6.61 Å². The van der Waals surface area contributed by atoms with Crippen LogP contribution in [-0.2, 0) is 4.74 Å². The Balaban J connectivity index is 1.38. The summed E-state index contributed by atoms with van der Waals surface area (Å²) in [4.78, 5) is 34.3. The van der Waals surface area contributed by atoms with Crippen LogP contribution in [0.1, 0.15) is 26.3 Å². The number of rotatable bonds is 6.